The molecule has 0 atom stereocenters. The van der Waals surface area contributed by atoms with Crippen LogP contribution >= 0.6 is 31.9 Å². The number of hydrogen-bond acceptors (Lipinski definition) is 2. The molecule has 0 aliphatic heterocycles. The summed E-state index contributed by atoms with van der Waals surface area (Å²) in [6, 6.07) is 5.67. The van der Waals surface area contributed by atoms with Crippen LogP contribution in [0.2, 0.25) is 0 Å². The lowest BCUT2D eigenvalue weighted by atomic mass is 10.0. The van der Waals surface area contributed by atoms with Gasteiger partial charge in [0.05, 0.1) is 4.75 Å². The lowest BCUT2D eigenvalue weighted by Gasteiger charge is -2.23. The molecule has 0 aromatic heterocycles. The van der Waals surface area contributed by atoms with Crippen LogP contribution in [0, 0.1) is 0 Å². The van der Waals surface area contributed by atoms with Crippen LogP contribution in [0.15, 0.2) is 22.7 Å². The zero-order valence-electron chi connectivity index (χ0n) is 9.42. The molecule has 0 heterocycles. The third-order valence-corrected chi connectivity index (χ3v) is 6.25. The molecule has 2 nitrogen and oxygen atoms in total. The Balaban J connectivity index is 3.31. The summed E-state index contributed by atoms with van der Waals surface area (Å²) >= 11 is 6.82. The van der Waals surface area contributed by atoms with Crippen LogP contribution in [0.3, 0.4) is 0 Å². The first kappa shape index (κ1) is 14.2. The Hall–Kier alpha value is 0.130. The molecule has 0 amide bonds. The molecule has 0 fully saturated rings. The van der Waals surface area contributed by atoms with Crippen molar-refractivity contribution in [1.82, 2.24) is 0 Å². The Kier molecular flexibility index (Phi) is 4.24. The standard InChI is InChI=1S/C11H14Br2O2S/c1-11(2,16(3,14)15)9-5-4-8(7-12)10(13)6-9/h4-6H,7H2,1-3H3. The molecule has 0 radical (unpaired) electrons. The molecular formula is C11H14Br2O2S. The van der Waals surface area contributed by atoms with Gasteiger partial charge < -0.3 is 0 Å². The summed E-state index contributed by atoms with van der Waals surface area (Å²) in [5, 5.41) is 0.743. The maximum atomic E-state index is 11.7. The van der Waals surface area contributed by atoms with E-state index in [1.807, 2.05) is 18.2 Å². The lowest BCUT2D eigenvalue weighted by Crippen LogP contribution is -2.28. The lowest BCUT2D eigenvalue weighted by molar-refractivity contribution is 0.561. The second-order valence-electron chi connectivity index (χ2n) is 4.22. The highest BCUT2D eigenvalue weighted by atomic mass is 79.9. The maximum Gasteiger partial charge on any atom is 0.156 e. The van der Waals surface area contributed by atoms with Gasteiger partial charge in [-0.3, -0.25) is 0 Å². The van der Waals surface area contributed by atoms with Crippen molar-refractivity contribution in [1.29, 1.82) is 0 Å². The van der Waals surface area contributed by atoms with Crippen molar-refractivity contribution in [2.75, 3.05) is 6.26 Å². The van der Waals surface area contributed by atoms with E-state index in [-0.39, 0.29) is 0 Å². The van der Waals surface area contributed by atoms with Gasteiger partial charge in [-0.05, 0) is 31.0 Å². The van der Waals surface area contributed by atoms with Crippen LogP contribution in [0.1, 0.15) is 25.0 Å². The molecular weight excluding hydrogens is 356 g/mol. The van der Waals surface area contributed by atoms with Gasteiger partial charge in [-0.1, -0.05) is 44.0 Å². The molecule has 0 bridgehead atoms. The molecule has 1 rings (SSSR count). The van der Waals surface area contributed by atoms with Crippen LogP contribution in [0.4, 0.5) is 0 Å². The molecule has 0 saturated heterocycles. The highest BCUT2D eigenvalue weighted by molar-refractivity contribution is 9.10. The molecule has 1 aromatic rings. The van der Waals surface area contributed by atoms with E-state index in [0.29, 0.717) is 0 Å². The first-order valence-electron chi connectivity index (χ1n) is 4.74. The van der Waals surface area contributed by atoms with Crippen molar-refractivity contribution in [3.8, 4) is 0 Å². The Bertz CT molecular complexity index is 493. The first-order chi connectivity index (χ1) is 7.20. The molecule has 0 saturated carbocycles. The average molecular weight is 370 g/mol. The third-order valence-electron chi connectivity index (χ3n) is 2.82. The molecule has 0 unspecified atom stereocenters. The fourth-order valence-electron chi connectivity index (χ4n) is 1.24. The largest absolute Gasteiger partial charge is 0.228 e. The zero-order chi connectivity index (χ0) is 12.6. The minimum Gasteiger partial charge on any atom is -0.228 e. The number of halogens is 2. The van der Waals surface area contributed by atoms with Gasteiger partial charge in [-0.2, -0.15) is 0 Å². The number of rotatable bonds is 3. The second kappa shape index (κ2) is 4.78. The van der Waals surface area contributed by atoms with Gasteiger partial charge >= 0.3 is 0 Å². The maximum absolute atomic E-state index is 11.7. The van der Waals surface area contributed by atoms with Crippen molar-refractivity contribution in [2.24, 2.45) is 0 Å². The van der Waals surface area contributed by atoms with E-state index in [2.05, 4.69) is 31.9 Å². The summed E-state index contributed by atoms with van der Waals surface area (Å²) in [5.74, 6) is 0. The molecule has 1 aromatic carbocycles. The van der Waals surface area contributed by atoms with E-state index >= 15 is 0 Å². The van der Waals surface area contributed by atoms with Gasteiger partial charge in [0.2, 0.25) is 0 Å². The SMILES string of the molecule is CC(C)(c1ccc(CBr)c(Br)c1)S(C)(=O)=O. The predicted molar refractivity (Wildman–Crippen MR) is 74.6 cm³/mol. The Morgan fingerprint density at radius 3 is 2.25 bits per heavy atom. The Labute approximate surface area is 114 Å². The monoisotopic (exact) mass is 368 g/mol. The van der Waals surface area contributed by atoms with Gasteiger partial charge in [-0.15, -0.1) is 0 Å². The van der Waals surface area contributed by atoms with E-state index < -0.39 is 14.6 Å². The summed E-state index contributed by atoms with van der Waals surface area (Å²) in [5.41, 5.74) is 1.90. The molecule has 16 heavy (non-hydrogen) atoms. The predicted octanol–water partition coefficient (Wildman–Crippen LogP) is 3.62. The van der Waals surface area contributed by atoms with E-state index in [4.69, 9.17) is 0 Å². The molecule has 90 valence electrons. The molecule has 0 aliphatic rings. The Morgan fingerprint density at radius 2 is 1.88 bits per heavy atom. The number of benzene rings is 1. The summed E-state index contributed by atoms with van der Waals surface area (Å²) in [6.07, 6.45) is 1.26. The van der Waals surface area contributed by atoms with Crippen molar-refractivity contribution in [3.05, 3.63) is 33.8 Å². The van der Waals surface area contributed by atoms with Crippen molar-refractivity contribution in [3.63, 3.8) is 0 Å². The van der Waals surface area contributed by atoms with Gasteiger partial charge in [0.25, 0.3) is 0 Å². The minimum absolute atomic E-state index is 0.743. The van der Waals surface area contributed by atoms with Gasteiger partial charge in [0, 0.05) is 16.1 Å². The van der Waals surface area contributed by atoms with Crippen LogP contribution in [0.5, 0.6) is 0 Å². The van der Waals surface area contributed by atoms with Gasteiger partial charge in [0.15, 0.2) is 9.84 Å². The van der Waals surface area contributed by atoms with Gasteiger partial charge in [-0.25, -0.2) is 8.42 Å². The van der Waals surface area contributed by atoms with Crippen LogP contribution in [-0.2, 0) is 19.9 Å². The number of alkyl halides is 1. The summed E-state index contributed by atoms with van der Waals surface area (Å²) in [6.45, 7) is 3.44. The zero-order valence-corrected chi connectivity index (χ0v) is 13.4. The number of hydrogen-bond donors (Lipinski definition) is 0. The van der Waals surface area contributed by atoms with E-state index in [9.17, 15) is 8.42 Å². The van der Waals surface area contributed by atoms with Crippen LogP contribution < -0.4 is 0 Å². The fourth-order valence-corrected chi connectivity index (χ4v) is 3.18. The van der Waals surface area contributed by atoms with E-state index in [1.165, 1.54) is 6.26 Å². The third kappa shape index (κ3) is 2.68. The topological polar surface area (TPSA) is 34.1 Å². The summed E-state index contributed by atoms with van der Waals surface area (Å²) in [4.78, 5) is 0. The van der Waals surface area contributed by atoms with E-state index in [0.717, 1.165) is 20.9 Å². The second-order valence-corrected chi connectivity index (χ2v) is 8.20. The van der Waals surface area contributed by atoms with Crippen LogP contribution in [-0.4, -0.2) is 14.7 Å². The van der Waals surface area contributed by atoms with Crippen molar-refractivity contribution < 1.29 is 8.42 Å². The quantitative estimate of drug-likeness (QED) is 0.762. The highest BCUT2D eigenvalue weighted by Crippen LogP contribution is 2.32. The number of sulfone groups is 1. The first-order valence-corrected chi connectivity index (χ1v) is 8.55. The fraction of sp³-hybridized carbons (Fsp3) is 0.455. The van der Waals surface area contributed by atoms with Crippen LogP contribution in [0.25, 0.3) is 0 Å². The summed E-state index contributed by atoms with van der Waals surface area (Å²) in [7, 11) is -3.12. The van der Waals surface area contributed by atoms with Gasteiger partial charge in [0.1, 0.15) is 0 Å². The normalized spacial score (nSPS) is 12.8. The van der Waals surface area contributed by atoms with E-state index in [1.54, 1.807) is 13.8 Å². The smallest absolute Gasteiger partial charge is 0.156 e. The average Bonchev–Trinajstić information content (AvgIpc) is 2.15. The molecule has 5 heteroatoms. The minimum atomic E-state index is -3.12. The van der Waals surface area contributed by atoms with Crippen molar-refractivity contribution >= 4 is 41.7 Å². The molecule has 0 aliphatic carbocycles. The summed E-state index contributed by atoms with van der Waals surface area (Å²) < 4.78 is 23.5. The Morgan fingerprint density at radius 1 is 1.31 bits per heavy atom. The van der Waals surface area contributed by atoms with Crippen molar-refractivity contribution in [2.45, 2.75) is 23.9 Å². The molecule has 0 N–H and O–H groups in total. The molecule has 0 spiro atoms. The highest BCUT2D eigenvalue weighted by Gasteiger charge is 2.32.